The topological polar surface area (TPSA) is 101 Å². The number of pyridine rings is 1. The van der Waals surface area contributed by atoms with Crippen molar-refractivity contribution < 1.29 is 17.9 Å². The largest absolute Gasteiger partial charge is 0.497 e. The van der Waals surface area contributed by atoms with Gasteiger partial charge in [0, 0.05) is 17.0 Å². The molecule has 0 atom stereocenters. The maximum absolute atomic E-state index is 12.4. The van der Waals surface area contributed by atoms with E-state index in [1.54, 1.807) is 25.3 Å². The van der Waals surface area contributed by atoms with Crippen LogP contribution in [-0.2, 0) is 14.8 Å². The number of amides is 1. The summed E-state index contributed by atoms with van der Waals surface area (Å²) in [5, 5.41) is 5.00. The minimum absolute atomic E-state index is 0.0153. The molecule has 1 amide bonds. The quantitative estimate of drug-likeness (QED) is 0.290. The number of hydrogen-bond acceptors (Lipinski definition) is 6. The summed E-state index contributed by atoms with van der Waals surface area (Å²) in [6, 6.07) is 11.6. The van der Waals surface area contributed by atoms with E-state index in [0.29, 0.717) is 16.8 Å². The highest BCUT2D eigenvalue weighted by molar-refractivity contribution is 7.92. The van der Waals surface area contributed by atoms with E-state index in [2.05, 4.69) is 15.5 Å². The van der Waals surface area contributed by atoms with Crippen LogP contribution in [0.2, 0.25) is 15.2 Å². The van der Waals surface area contributed by atoms with Crippen molar-refractivity contribution in [3.63, 3.8) is 0 Å². The van der Waals surface area contributed by atoms with Crippen LogP contribution in [0.5, 0.6) is 5.75 Å². The van der Waals surface area contributed by atoms with E-state index in [0.717, 1.165) is 15.9 Å². The number of benzene rings is 2. The van der Waals surface area contributed by atoms with E-state index in [-0.39, 0.29) is 20.9 Å². The molecule has 0 saturated carbocycles. The Morgan fingerprint density at radius 1 is 1.22 bits per heavy atom. The SMILES string of the molecule is COc1ccc2cc(/C=N/NC(=O)CN(c3cccc(Cl)c3Cl)S(C)(=O)=O)c(Cl)nc2c1. The van der Waals surface area contributed by atoms with Crippen LogP contribution in [0.3, 0.4) is 0 Å². The zero-order chi connectivity index (χ0) is 23.5. The fourth-order valence-electron chi connectivity index (χ4n) is 2.76. The molecule has 8 nitrogen and oxygen atoms in total. The number of nitrogens with one attached hydrogen (secondary N) is 1. The second-order valence-electron chi connectivity index (χ2n) is 6.56. The number of anilines is 1. The molecule has 0 saturated heterocycles. The maximum atomic E-state index is 12.4. The lowest BCUT2D eigenvalue weighted by atomic mass is 10.1. The molecule has 0 spiro atoms. The predicted octanol–water partition coefficient (Wildman–Crippen LogP) is 4.12. The van der Waals surface area contributed by atoms with E-state index in [1.807, 2.05) is 6.07 Å². The summed E-state index contributed by atoms with van der Waals surface area (Å²) in [5.74, 6) is -0.0534. The molecule has 3 aromatic rings. The Morgan fingerprint density at radius 2 is 1.97 bits per heavy atom. The van der Waals surface area contributed by atoms with Gasteiger partial charge >= 0.3 is 0 Å². The molecule has 1 aromatic heterocycles. The summed E-state index contributed by atoms with van der Waals surface area (Å²) in [5.41, 5.74) is 3.45. The van der Waals surface area contributed by atoms with Gasteiger partial charge in [0.1, 0.15) is 17.4 Å². The number of rotatable bonds is 7. The molecule has 0 aliphatic carbocycles. The summed E-state index contributed by atoms with van der Waals surface area (Å²) < 4.78 is 30.4. The maximum Gasteiger partial charge on any atom is 0.260 e. The van der Waals surface area contributed by atoms with Crippen molar-refractivity contribution in [2.45, 2.75) is 0 Å². The Bertz CT molecular complexity index is 1320. The van der Waals surface area contributed by atoms with Crippen LogP contribution < -0.4 is 14.5 Å². The Hall–Kier alpha value is -2.59. The number of ether oxygens (including phenoxy) is 1. The van der Waals surface area contributed by atoms with Crippen molar-refractivity contribution in [2.75, 3.05) is 24.2 Å². The van der Waals surface area contributed by atoms with Gasteiger partial charge in [-0.1, -0.05) is 40.9 Å². The van der Waals surface area contributed by atoms with E-state index < -0.39 is 22.5 Å². The van der Waals surface area contributed by atoms with Crippen molar-refractivity contribution in [1.29, 1.82) is 0 Å². The Kier molecular flexibility index (Phi) is 7.45. The second kappa shape index (κ2) is 9.91. The van der Waals surface area contributed by atoms with Crippen LogP contribution in [0.25, 0.3) is 10.9 Å². The van der Waals surface area contributed by atoms with E-state index in [1.165, 1.54) is 24.4 Å². The molecule has 1 N–H and O–H groups in total. The molecule has 0 aliphatic heterocycles. The predicted molar refractivity (Wildman–Crippen MR) is 128 cm³/mol. The van der Waals surface area contributed by atoms with Crippen molar-refractivity contribution in [3.05, 3.63) is 63.2 Å². The summed E-state index contributed by atoms with van der Waals surface area (Å²) >= 11 is 18.3. The highest BCUT2D eigenvalue weighted by Crippen LogP contribution is 2.33. The van der Waals surface area contributed by atoms with Crippen molar-refractivity contribution in [2.24, 2.45) is 5.10 Å². The minimum atomic E-state index is -3.83. The zero-order valence-electron chi connectivity index (χ0n) is 16.8. The number of hydrazone groups is 1. The molecule has 2 aromatic carbocycles. The third-order valence-corrected chi connectivity index (χ3v) is 6.52. The number of carbonyl (C=O) groups excluding carboxylic acids is 1. The Morgan fingerprint density at radius 3 is 2.66 bits per heavy atom. The lowest BCUT2D eigenvalue weighted by molar-refractivity contribution is -0.119. The van der Waals surface area contributed by atoms with Gasteiger partial charge in [-0.3, -0.25) is 9.10 Å². The number of halogens is 3. The first-order valence-corrected chi connectivity index (χ1v) is 12.0. The Balaban J connectivity index is 1.77. The number of sulfonamides is 1. The van der Waals surface area contributed by atoms with Crippen molar-refractivity contribution >= 4 is 73.5 Å². The molecule has 0 radical (unpaired) electrons. The fraction of sp³-hybridized carbons (Fsp3) is 0.150. The molecule has 0 fully saturated rings. The number of carbonyl (C=O) groups is 1. The number of fused-ring (bicyclic) bond motifs is 1. The highest BCUT2D eigenvalue weighted by Gasteiger charge is 2.23. The van der Waals surface area contributed by atoms with E-state index in [4.69, 9.17) is 39.5 Å². The first-order chi connectivity index (χ1) is 15.1. The fourth-order valence-corrected chi connectivity index (χ4v) is 4.27. The van der Waals surface area contributed by atoms with Gasteiger partial charge in [-0.2, -0.15) is 5.10 Å². The average Bonchev–Trinajstić information content (AvgIpc) is 2.73. The van der Waals surface area contributed by atoms with Gasteiger partial charge in [-0.15, -0.1) is 0 Å². The molecular weight excluding hydrogens is 499 g/mol. The van der Waals surface area contributed by atoms with E-state index in [9.17, 15) is 13.2 Å². The van der Waals surface area contributed by atoms with Crippen molar-refractivity contribution in [1.82, 2.24) is 10.4 Å². The molecular formula is C20H17Cl3N4O4S. The van der Waals surface area contributed by atoms with Gasteiger partial charge in [0.25, 0.3) is 5.91 Å². The van der Waals surface area contributed by atoms with Gasteiger partial charge in [0.2, 0.25) is 10.0 Å². The minimum Gasteiger partial charge on any atom is -0.497 e. The lowest BCUT2D eigenvalue weighted by Crippen LogP contribution is -2.39. The first kappa shape index (κ1) is 24.1. The van der Waals surface area contributed by atoms with Crippen LogP contribution in [-0.4, -0.2) is 45.4 Å². The number of nitrogens with zero attached hydrogens (tertiary/aromatic N) is 3. The third-order valence-electron chi connectivity index (χ3n) is 4.29. The van der Waals surface area contributed by atoms with Crippen LogP contribution in [0.15, 0.2) is 47.6 Å². The van der Waals surface area contributed by atoms with Gasteiger partial charge in [-0.05, 0) is 30.3 Å². The first-order valence-electron chi connectivity index (χ1n) is 8.98. The van der Waals surface area contributed by atoms with Gasteiger partial charge < -0.3 is 4.74 Å². The molecule has 3 rings (SSSR count). The standard InChI is InChI=1S/C20H17Cl3N4O4S/c1-31-14-7-6-12-8-13(20(23)25-16(12)9-14)10-24-26-18(28)11-27(32(2,29)30)17-5-3-4-15(21)19(17)22/h3-10H,11H2,1-2H3,(H,26,28)/b24-10+. The van der Waals surface area contributed by atoms with Gasteiger partial charge in [-0.25, -0.2) is 18.8 Å². The third kappa shape index (κ3) is 5.60. The molecule has 32 heavy (non-hydrogen) atoms. The lowest BCUT2D eigenvalue weighted by Gasteiger charge is -2.22. The molecule has 0 unspecified atom stereocenters. The van der Waals surface area contributed by atoms with Crippen LogP contribution in [0.1, 0.15) is 5.56 Å². The normalized spacial score (nSPS) is 11.7. The van der Waals surface area contributed by atoms with Gasteiger partial charge in [0.05, 0.1) is 40.8 Å². The number of hydrogen-bond donors (Lipinski definition) is 1. The molecule has 168 valence electrons. The van der Waals surface area contributed by atoms with Crippen LogP contribution in [0, 0.1) is 0 Å². The van der Waals surface area contributed by atoms with Crippen molar-refractivity contribution in [3.8, 4) is 5.75 Å². The highest BCUT2D eigenvalue weighted by atomic mass is 35.5. The second-order valence-corrected chi connectivity index (χ2v) is 9.61. The molecule has 1 heterocycles. The molecule has 0 bridgehead atoms. The van der Waals surface area contributed by atoms with Gasteiger partial charge in [0.15, 0.2) is 0 Å². The molecule has 12 heteroatoms. The molecule has 0 aliphatic rings. The average molecular weight is 516 g/mol. The number of methoxy groups -OCH3 is 1. The Labute approximate surface area is 199 Å². The monoisotopic (exact) mass is 514 g/mol. The summed E-state index contributed by atoms with van der Waals surface area (Å²) in [7, 11) is -2.28. The summed E-state index contributed by atoms with van der Waals surface area (Å²) in [6.45, 7) is -0.556. The summed E-state index contributed by atoms with van der Waals surface area (Å²) in [6.07, 6.45) is 2.27. The van der Waals surface area contributed by atoms with E-state index >= 15 is 0 Å². The van der Waals surface area contributed by atoms with Crippen LogP contribution in [0.4, 0.5) is 5.69 Å². The smallest absolute Gasteiger partial charge is 0.260 e. The zero-order valence-corrected chi connectivity index (χ0v) is 19.9. The van der Waals surface area contributed by atoms with Crippen LogP contribution >= 0.6 is 34.8 Å². The summed E-state index contributed by atoms with van der Waals surface area (Å²) in [4.78, 5) is 16.6. The number of aromatic nitrogens is 1.